The summed E-state index contributed by atoms with van der Waals surface area (Å²) in [5.74, 6) is -0.616. The highest BCUT2D eigenvalue weighted by molar-refractivity contribution is 5.97. The molecule has 1 amide bonds. The van der Waals surface area contributed by atoms with E-state index in [1.165, 1.54) is 12.1 Å². The summed E-state index contributed by atoms with van der Waals surface area (Å²) in [6, 6.07) is 16.7. The van der Waals surface area contributed by atoms with Crippen molar-refractivity contribution in [2.45, 2.75) is 13.0 Å². The van der Waals surface area contributed by atoms with E-state index >= 15 is 0 Å². The van der Waals surface area contributed by atoms with E-state index in [0.717, 1.165) is 5.56 Å². The molecule has 5 aromatic rings. The van der Waals surface area contributed by atoms with E-state index in [1.54, 1.807) is 64.1 Å². The molecule has 3 heterocycles. The fourth-order valence-electron chi connectivity index (χ4n) is 3.91. The van der Waals surface area contributed by atoms with E-state index in [0.29, 0.717) is 40.6 Å². The summed E-state index contributed by atoms with van der Waals surface area (Å²) in [4.78, 5) is 30.1. The summed E-state index contributed by atoms with van der Waals surface area (Å²) in [5.41, 5.74) is 3.46. The zero-order valence-corrected chi connectivity index (χ0v) is 17.6. The minimum Gasteiger partial charge on any atom is -0.352 e. The van der Waals surface area contributed by atoms with Crippen molar-refractivity contribution in [1.29, 1.82) is 0 Å². The fraction of sp³-hybridized carbons (Fsp3) is 0.120. The molecule has 0 saturated heterocycles. The van der Waals surface area contributed by atoms with Crippen molar-refractivity contribution < 1.29 is 9.18 Å². The molecular weight excluding hydrogens is 421 g/mol. The molecule has 7 nitrogen and oxygen atoms in total. The number of aromatic nitrogens is 4. The van der Waals surface area contributed by atoms with Gasteiger partial charge >= 0.3 is 0 Å². The second-order valence-corrected chi connectivity index (χ2v) is 7.72. The third kappa shape index (κ3) is 4.10. The standard InChI is InChI=1S/C25H20FN5O2/c26-20-5-1-3-18(13-20)16-30-23-14-19(24(32)28-11-8-17-4-2-10-27-15-17)6-7-21(23)31-22(25(30)33)9-12-29-31/h1-7,9-10,12-15H,8,11,16H2,(H,28,32). The van der Waals surface area contributed by atoms with Crippen LogP contribution in [0, 0.1) is 5.82 Å². The number of nitrogens with zero attached hydrogens (tertiary/aromatic N) is 4. The van der Waals surface area contributed by atoms with E-state index in [1.807, 2.05) is 12.1 Å². The number of hydrogen-bond donors (Lipinski definition) is 1. The lowest BCUT2D eigenvalue weighted by Gasteiger charge is -2.14. The van der Waals surface area contributed by atoms with Gasteiger partial charge in [0.15, 0.2) is 0 Å². The Labute approximate surface area is 188 Å². The van der Waals surface area contributed by atoms with E-state index in [-0.39, 0.29) is 23.8 Å². The Morgan fingerprint density at radius 1 is 0.939 bits per heavy atom. The lowest BCUT2D eigenvalue weighted by molar-refractivity contribution is 0.0954. The summed E-state index contributed by atoms with van der Waals surface area (Å²) in [7, 11) is 0. The fourth-order valence-corrected chi connectivity index (χ4v) is 3.91. The number of carbonyl (C=O) groups is 1. The first-order valence-electron chi connectivity index (χ1n) is 10.5. The SMILES string of the molecule is O=C(NCCc1cccnc1)c1ccc2c(c1)n(Cc1cccc(F)c1)c(=O)c1ccnn12. The van der Waals surface area contributed by atoms with Gasteiger partial charge in [-0.15, -0.1) is 0 Å². The normalized spacial score (nSPS) is 11.2. The minimum absolute atomic E-state index is 0.168. The molecule has 0 unspecified atom stereocenters. The topological polar surface area (TPSA) is 81.3 Å². The number of pyridine rings is 1. The van der Waals surface area contributed by atoms with E-state index < -0.39 is 0 Å². The quantitative estimate of drug-likeness (QED) is 0.439. The molecule has 5 rings (SSSR count). The molecular formula is C25H20FN5O2. The highest BCUT2D eigenvalue weighted by Crippen LogP contribution is 2.18. The largest absolute Gasteiger partial charge is 0.352 e. The Kier molecular flexibility index (Phi) is 5.40. The number of nitrogens with one attached hydrogen (secondary N) is 1. The second-order valence-electron chi connectivity index (χ2n) is 7.72. The summed E-state index contributed by atoms with van der Waals surface area (Å²) >= 11 is 0. The van der Waals surface area contributed by atoms with Crippen LogP contribution in [0.25, 0.3) is 16.6 Å². The average molecular weight is 441 g/mol. The summed E-state index contributed by atoms with van der Waals surface area (Å²) < 4.78 is 16.8. The molecule has 0 spiro atoms. The Morgan fingerprint density at radius 3 is 2.64 bits per heavy atom. The molecule has 0 aliphatic heterocycles. The van der Waals surface area contributed by atoms with Gasteiger partial charge < -0.3 is 9.88 Å². The van der Waals surface area contributed by atoms with Crippen molar-refractivity contribution in [3.05, 3.63) is 112 Å². The minimum atomic E-state index is -0.371. The Bertz CT molecular complexity index is 1520. The van der Waals surface area contributed by atoms with Gasteiger partial charge in [-0.05, 0) is 60.0 Å². The average Bonchev–Trinajstić information content (AvgIpc) is 3.32. The molecule has 0 fully saturated rings. The van der Waals surface area contributed by atoms with Gasteiger partial charge in [-0.25, -0.2) is 8.91 Å². The van der Waals surface area contributed by atoms with Crippen LogP contribution in [0.1, 0.15) is 21.5 Å². The molecule has 1 N–H and O–H groups in total. The zero-order chi connectivity index (χ0) is 22.8. The van der Waals surface area contributed by atoms with Crippen LogP contribution in [0.4, 0.5) is 4.39 Å². The molecule has 8 heteroatoms. The highest BCUT2D eigenvalue weighted by atomic mass is 19.1. The zero-order valence-electron chi connectivity index (χ0n) is 17.6. The van der Waals surface area contributed by atoms with Gasteiger partial charge in [-0.3, -0.25) is 14.6 Å². The van der Waals surface area contributed by atoms with E-state index in [9.17, 15) is 14.0 Å². The lowest BCUT2D eigenvalue weighted by Crippen LogP contribution is -2.27. The van der Waals surface area contributed by atoms with Gasteiger partial charge in [-0.2, -0.15) is 5.10 Å². The van der Waals surface area contributed by atoms with Crippen molar-refractivity contribution in [1.82, 2.24) is 24.5 Å². The Hall–Kier alpha value is -4.33. The van der Waals surface area contributed by atoms with Crippen LogP contribution in [0.2, 0.25) is 0 Å². The van der Waals surface area contributed by atoms with Crippen molar-refractivity contribution >= 4 is 22.5 Å². The predicted octanol–water partition coefficient (Wildman–Crippen LogP) is 3.20. The molecule has 2 aromatic carbocycles. The van der Waals surface area contributed by atoms with Crippen LogP contribution in [0.15, 0.2) is 84.0 Å². The highest BCUT2D eigenvalue weighted by Gasteiger charge is 2.15. The van der Waals surface area contributed by atoms with Crippen LogP contribution >= 0.6 is 0 Å². The van der Waals surface area contributed by atoms with Crippen LogP contribution in [0.3, 0.4) is 0 Å². The first-order valence-corrected chi connectivity index (χ1v) is 10.5. The van der Waals surface area contributed by atoms with E-state index in [2.05, 4.69) is 15.4 Å². The van der Waals surface area contributed by atoms with Gasteiger partial charge in [0.25, 0.3) is 11.5 Å². The van der Waals surface area contributed by atoms with Gasteiger partial charge in [0.05, 0.1) is 23.8 Å². The first kappa shape index (κ1) is 20.6. The molecule has 0 atom stereocenters. The number of halogens is 1. The Balaban J connectivity index is 1.51. The molecule has 164 valence electrons. The smallest absolute Gasteiger partial charge is 0.277 e. The van der Waals surface area contributed by atoms with Gasteiger partial charge in [0.1, 0.15) is 11.3 Å². The van der Waals surface area contributed by atoms with Crippen molar-refractivity contribution in [3.8, 4) is 0 Å². The molecule has 0 bridgehead atoms. The van der Waals surface area contributed by atoms with Crippen molar-refractivity contribution in [3.63, 3.8) is 0 Å². The Morgan fingerprint density at radius 2 is 1.82 bits per heavy atom. The number of carbonyl (C=O) groups excluding carboxylic acids is 1. The number of benzene rings is 2. The van der Waals surface area contributed by atoms with Crippen LogP contribution in [-0.4, -0.2) is 31.6 Å². The van der Waals surface area contributed by atoms with Crippen molar-refractivity contribution in [2.75, 3.05) is 6.54 Å². The monoisotopic (exact) mass is 441 g/mol. The molecule has 33 heavy (non-hydrogen) atoms. The van der Waals surface area contributed by atoms with Crippen LogP contribution in [0.5, 0.6) is 0 Å². The maximum absolute atomic E-state index is 13.7. The first-order chi connectivity index (χ1) is 16.1. The third-order valence-corrected chi connectivity index (χ3v) is 5.52. The number of rotatable bonds is 6. The van der Waals surface area contributed by atoms with Crippen LogP contribution < -0.4 is 10.9 Å². The summed E-state index contributed by atoms with van der Waals surface area (Å²) in [6.07, 6.45) is 5.69. The van der Waals surface area contributed by atoms with Crippen molar-refractivity contribution in [2.24, 2.45) is 0 Å². The summed E-state index contributed by atoms with van der Waals surface area (Å²) in [6.45, 7) is 0.623. The predicted molar refractivity (Wildman–Crippen MR) is 123 cm³/mol. The third-order valence-electron chi connectivity index (χ3n) is 5.52. The second kappa shape index (κ2) is 8.66. The lowest BCUT2D eigenvalue weighted by atomic mass is 10.1. The molecule has 0 saturated carbocycles. The number of hydrogen-bond acceptors (Lipinski definition) is 4. The van der Waals surface area contributed by atoms with Gasteiger partial charge in [-0.1, -0.05) is 18.2 Å². The summed E-state index contributed by atoms with van der Waals surface area (Å²) in [5, 5.41) is 7.17. The number of amides is 1. The van der Waals surface area contributed by atoms with Crippen LogP contribution in [-0.2, 0) is 13.0 Å². The van der Waals surface area contributed by atoms with Gasteiger partial charge in [0, 0.05) is 24.5 Å². The molecule has 3 aromatic heterocycles. The number of fused-ring (bicyclic) bond motifs is 3. The molecule has 0 radical (unpaired) electrons. The van der Waals surface area contributed by atoms with E-state index in [4.69, 9.17) is 0 Å². The maximum atomic E-state index is 13.7. The molecule has 0 aliphatic rings. The van der Waals surface area contributed by atoms with Gasteiger partial charge in [0.2, 0.25) is 0 Å². The maximum Gasteiger partial charge on any atom is 0.277 e. The molecule has 0 aliphatic carbocycles.